The number of hydrogen-bond acceptors (Lipinski definition) is 3. The van der Waals surface area contributed by atoms with Gasteiger partial charge in [0.1, 0.15) is 5.76 Å². The number of benzene rings is 1. The van der Waals surface area contributed by atoms with Crippen LogP contribution in [0.2, 0.25) is 0 Å². The van der Waals surface area contributed by atoms with Gasteiger partial charge in [0, 0.05) is 25.2 Å². The molecule has 0 saturated carbocycles. The van der Waals surface area contributed by atoms with E-state index in [1.165, 1.54) is 5.56 Å². The lowest BCUT2D eigenvalue weighted by molar-refractivity contribution is 0.0735. The van der Waals surface area contributed by atoms with E-state index in [1.54, 1.807) is 6.07 Å². The summed E-state index contributed by atoms with van der Waals surface area (Å²) in [5.41, 5.74) is 2.41. The van der Waals surface area contributed by atoms with Crippen LogP contribution in [0.3, 0.4) is 0 Å². The minimum atomic E-state index is -0.0174. The lowest BCUT2D eigenvalue weighted by atomic mass is 9.86. The lowest BCUT2D eigenvalue weighted by Gasteiger charge is -2.19. The molecule has 1 N–H and O–H groups in total. The molecule has 0 spiro atoms. The normalized spacial score (nSPS) is 15.4. The Labute approximate surface area is 156 Å². The zero-order chi connectivity index (χ0) is 17.2. The Bertz CT molecular complexity index is 693. The minimum Gasteiger partial charge on any atom is -0.451 e. The van der Waals surface area contributed by atoms with Crippen molar-refractivity contribution in [2.75, 3.05) is 26.2 Å². The van der Waals surface area contributed by atoms with Crippen molar-refractivity contribution in [3.63, 3.8) is 0 Å². The predicted octanol–water partition coefficient (Wildman–Crippen LogP) is 4.10. The molecule has 1 aliphatic heterocycles. The van der Waals surface area contributed by atoms with Gasteiger partial charge in [0.25, 0.3) is 5.91 Å². The third-order valence-electron chi connectivity index (χ3n) is 4.48. The Kier molecular flexibility index (Phi) is 6.31. The number of hydrogen-bond donors (Lipinski definition) is 1. The Balaban J connectivity index is 0.00000225. The van der Waals surface area contributed by atoms with Gasteiger partial charge in [0.15, 0.2) is 5.76 Å². The van der Waals surface area contributed by atoms with Gasteiger partial charge in [-0.3, -0.25) is 4.79 Å². The van der Waals surface area contributed by atoms with Crippen LogP contribution < -0.4 is 5.32 Å². The molecule has 0 bridgehead atoms. The van der Waals surface area contributed by atoms with Gasteiger partial charge >= 0.3 is 0 Å². The van der Waals surface area contributed by atoms with E-state index in [1.807, 2.05) is 11.0 Å². The maximum atomic E-state index is 12.6. The quantitative estimate of drug-likeness (QED) is 0.874. The van der Waals surface area contributed by atoms with Crippen LogP contribution in [0.4, 0.5) is 0 Å². The van der Waals surface area contributed by atoms with Gasteiger partial charge in [-0.05, 0) is 36.1 Å². The van der Waals surface area contributed by atoms with Gasteiger partial charge < -0.3 is 14.6 Å². The average Bonchev–Trinajstić information content (AvgIpc) is 2.89. The van der Waals surface area contributed by atoms with E-state index in [9.17, 15) is 4.79 Å². The Morgan fingerprint density at radius 2 is 1.76 bits per heavy atom. The molecule has 1 aromatic carbocycles. The molecule has 2 heterocycles. The largest absolute Gasteiger partial charge is 0.451 e. The molecule has 1 saturated heterocycles. The highest BCUT2D eigenvalue weighted by molar-refractivity contribution is 5.92. The van der Waals surface area contributed by atoms with E-state index in [2.05, 4.69) is 50.4 Å². The Morgan fingerprint density at radius 3 is 2.44 bits per heavy atom. The third kappa shape index (κ3) is 4.65. The summed E-state index contributed by atoms with van der Waals surface area (Å²) in [5, 5.41) is 3.31. The van der Waals surface area contributed by atoms with Gasteiger partial charge in [-0.15, -0.1) is 12.4 Å². The van der Waals surface area contributed by atoms with Crippen LogP contribution in [0.25, 0.3) is 11.3 Å². The Morgan fingerprint density at radius 1 is 1.04 bits per heavy atom. The number of furan rings is 1. The molecule has 1 fully saturated rings. The van der Waals surface area contributed by atoms with Crippen LogP contribution in [0, 0.1) is 0 Å². The smallest absolute Gasteiger partial charge is 0.289 e. The SMILES string of the molecule is CC(C)(C)c1ccc(-c2ccc(C(=O)N3CCCNCC3)o2)cc1.Cl. The van der Waals surface area contributed by atoms with Gasteiger partial charge in [-0.2, -0.15) is 0 Å². The van der Waals surface area contributed by atoms with Crippen molar-refractivity contribution in [3.8, 4) is 11.3 Å². The van der Waals surface area contributed by atoms with Gasteiger partial charge in [0.2, 0.25) is 0 Å². The number of carbonyl (C=O) groups excluding carboxylic acids is 1. The van der Waals surface area contributed by atoms with Crippen LogP contribution in [-0.2, 0) is 5.41 Å². The van der Waals surface area contributed by atoms with Gasteiger partial charge in [-0.25, -0.2) is 0 Å². The van der Waals surface area contributed by atoms with Crippen LogP contribution in [0.1, 0.15) is 43.3 Å². The third-order valence-corrected chi connectivity index (χ3v) is 4.48. The van der Waals surface area contributed by atoms with Crippen molar-refractivity contribution in [1.82, 2.24) is 10.2 Å². The molecular weight excluding hydrogens is 336 g/mol. The molecule has 0 atom stereocenters. The molecule has 1 aliphatic rings. The molecule has 0 radical (unpaired) electrons. The van der Waals surface area contributed by atoms with E-state index >= 15 is 0 Å². The molecule has 1 aromatic heterocycles. The summed E-state index contributed by atoms with van der Waals surface area (Å²) in [6.07, 6.45) is 0.980. The van der Waals surface area contributed by atoms with E-state index in [4.69, 9.17) is 4.42 Å². The van der Waals surface area contributed by atoms with Crippen molar-refractivity contribution < 1.29 is 9.21 Å². The number of halogens is 1. The zero-order valence-electron chi connectivity index (χ0n) is 15.2. The number of rotatable bonds is 2. The van der Waals surface area contributed by atoms with Crippen LogP contribution >= 0.6 is 12.4 Å². The summed E-state index contributed by atoms with van der Waals surface area (Å²) in [6, 6.07) is 12.0. The first-order chi connectivity index (χ1) is 11.4. The van der Waals surface area contributed by atoms with E-state index < -0.39 is 0 Å². The number of carbonyl (C=O) groups is 1. The van der Waals surface area contributed by atoms with Crippen molar-refractivity contribution >= 4 is 18.3 Å². The van der Waals surface area contributed by atoms with Gasteiger partial charge in [0.05, 0.1) is 0 Å². The van der Waals surface area contributed by atoms with Crippen molar-refractivity contribution in [2.24, 2.45) is 0 Å². The second-order valence-electron chi connectivity index (χ2n) is 7.39. The molecular formula is C20H27ClN2O2. The fourth-order valence-corrected chi connectivity index (χ4v) is 2.95. The molecule has 0 aliphatic carbocycles. The second-order valence-corrected chi connectivity index (χ2v) is 7.39. The van der Waals surface area contributed by atoms with Crippen molar-refractivity contribution in [1.29, 1.82) is 0 Å². The first-order valence-electron chi connectivity index (χ1n) is 8.66. The van der Waals surface area contributed by atoms with E-state index in [-0.39, 0.29) is 23.7 Å². The summed E-state index contributed by atoms with van der Waals surface area (Å²) in [7, 11) is 0. The molecule has 2 aromatic rings. The number of amides is 1. The maximum absolute atomic E-state index is 12.6. The molecule has 25 heavy (non-hydrogen) atoms. The molecule has 136 valence electrons. The predicted molar refractivity (Wildman–Crippen MR) is 103 cm³/mol. The van der Waals surface area contributed by atoms with Crippen LogP contribution in [0.5, 0.6) is 0 Å². The first-order valence-corrected chi connectivity index (χ1v) is 8.66. The topological polar surface area (TPSA) is 45.5 Å². The highest BCUT2D eigenvalue weighted by atomic mass is 35.5. The van der Waals surface area contributed by atoms with E-state index in [0.717, 1.165) is 43.9 Å². The fourth-order valence-electron chi connectivity index (χ4n) is 2.95. The van der Waals surface area contributed by atoms with E-state index in [0.29, 0.717) is 5.76 Å². The zero-order valence-corrected chi connectivity index (χ0v) is 16.0. The Hall–Kier alpha value is -1.78. The monoisotopic (exact) mass is 362 g/mol. The summed E-state index contributed by atoms with van der Waals surface area (Å²) >= 11 is 0. The lowest BCUT2D eigenvalue weighted by Crippen LogP contribution is -2.33. The summed E-state index contributed by atoms with van der Waals surface area (Å²) < 4.78 is 5.84. The fraction of sp³-hybridized carbons (Fsp3) is 0.450. The van der Waals surface area contributed by atoms with Crippen molar-refractivity contribution in [3.05, 3.63) is 47.7 Å². The molecule has 4 nitrogen and oxygen atoms in total. The maximum Gasteiger partial charge on any atom is 0.289 e. The van der Waals surface area contributed by atoms with Crippen molar-refractivity contribution in [2.45, 2.75) is 32.6 Å². The number of nitrogens with zero attached hydrogens (tertiary/aromatic N) is 1. The van der Waals surface area contributed by atoms with Crippen LogP contribution in [-0.4, -0.2) is 37.0 Å². The summed E-state index contributed by atoms with van der Waals surface area (Å²) in [6.45, 7) is 9.91. The summed E-state index contributed by atoms with van der Waals surface area (Å²) in [5.74, 6) is 1.15. The first kappa shape index (κ1) is 19.5. The molecule has 1 amide bonds. The standard InChI is InChI=1S/C20H26N2O2.ClH/c1-20(2,3)16-7-5-15(6-8-16)17-9-10-18(24-17)19(23)22-13-4-11-21-12-14-22;/h5-10,21H,4,11-14H2,1-3H3;1H. The molecule has 0 unspecified atom stereocenters. The second kappa shape index (κ2) is 8.07. The van der Waals surface area contributed by atoms with Crippen LogP contribution in [0.15, 0.2) is 40.8 Å². The number of nitrogens with one attached hydrogen (secondary N) is 1. The molecule has 5 heteroatoms. The highest BCUT2D eigenvalue weighted by Gasteiger charge is 2.21. The average molecular weight is 363 g/mol. The highest BCUT2D eigenvalue weighted by Crippen LogP contribution is 2.27. The minimum absolute atomic E-state index is 0. The van der Waals surface area contributed by atoms with Gasteiger partial charge in [-0.1, -0.05) is 45.0 Å². The summed E-state index contributed by atoms with van der Waals surface area (Å²) in [4.78, 5) is 14.5. The molecule has 3 rings (SSSR count).